The van der Waals surface area contributed by atoms with Crippen LogP contribution in [0.5, 0.6) is 0 Å². The van der Waals surface area contributed by atoms with E-state index in [1.165, 1.54) is 12.4 Å². The lowest BCUT2D eigenvalue weighted by atomic mass is 9.89. The maximum absolute atomic E-state index is 15.0. The van der Waals surface area contributed by atoms with E-state index >= 15 is 0 Å². The zero-order valence-corrected chi connectivity index (χ0v) is 21.8. The molecule has 0 radical (unpaired) electrons. The Morgan fingerprint density at radius 1 is 1.08 bits per heavy atom. The molecule has 1 atom stereocenters. The first kappa shape index (κ1) is 27.0. The Morgan fingerprint density at radius 2 is 1.79 bits per heavy atom. The molecule has 3 aromatic rings. The Bertz CT molecular complexity index is 1340. The fourth-order valence-corrected chi connectivity index (χ4v) is 5.24. The second-order valence-corrected chi connectivity index (χ2v) is 10.3. The van der Waals surface area contributed by atoms with Crippen molar-refractivity contribution < 1.29 is 22.4 Å². The van der Waals surface area contributed by atoms with Gasteiger partial charge in [0.05, 0.1) is 23.6 Å². The topological polar surface area (TPSA) is 64.6 Å². The molecule has 1 amide bonds. The molecule has 206 valence electrons. The fraction of sp³-hybridized carbons (Fsp3) is 0.393. The van der Waals surface area contributed by atoms with Crippen molar-refractivity contribution in [3.63, 3.8) is 0 Å². The number of halogens is 4. The molecular formula is C28H30F4N6O. The van der Waals surface area contributed by atoms with Gasteiger partial charge in [0.15, 0.2) is 0 Å². The minimum absolute atomic E-state index is 0.0300. The van der Waals surface area contributed by atoms with Crippen molar-refractivity contribution in [1.82, 2.24) is 19.8 Å². The number of nitrogens with zero attached hydrogens (tertiary/aromatic N) is 5. The van der Waals surface area contributed by atoms with Crippen molar-refractivity contribution in [1.29, 1.82) is 0 Å². The second kappa shape index (κ2) is 10.9. The van der Waals surface area contributed by atoms with Crippen molar-refractivity contribution in [3.05, 3.63) is 82.7 Å². The number of anilines is 2. The first-order valence-corrected chi connectivity index (χ1v) is 12.8. The van der Waals surface area contributed by atoms with E-state index in [9.17, 15) is 22.4 Å². The molecule has 2 aliphatic heterocycles. The van der Waals surface area contributed by atoms with Gasteiger partial charge in [-0.1, -0.05) is 13.0 Å². The van der Waals surface area contributed by atoms with Crippen LogP contribution >= 0.6 is 0 Å². The molecule has 2 aliphatic rings. The normalized spacial score (nSPS) is 18.6. The third-order valence-corrected chi connectivity index (χ3v) is 7.40. The predicted octanol–water partition coefficient (Wildman–Crippen LogP) is 4.76. The molecule has 7 nitrogen and oxygen atoms in total. The Hall–Kier alpha value is -3.57. The third-order valence-electron chi connectivity index (χ3n) is 7.40. The summed E-state index contributed by atoms with van der Waals surface area (Å²) >= 11 is 0. The molecular weight excluding hydrogens is 512 g/mol. The van der Waals surface area contributed by atoms with Gasteiger partial charge in [0.2, 0.25) is 0 Å². The first-order chi connectivity index (χ1) is 18.6. The van der Waals surface area contributed by atoms with E-state index in [1.54, 1.807) is 24.5 Å². The molecule has 11 heteroatoms. The smallest absolute Gasteiger partial charge is 0.364 e. The lowest BCUT2D eigenvalue weighted by Gasteiger charge is -2.34. The molecule has 1 saturated heterocycles. The summed E-state index contributed by atoms with van der Waals surface area (Å²) in [6.07, 6.45) is 0.0271. The predicted molar refractivity (Wildman–Crippen MR) is 140 cm³/mol. The van der Waals surface area contributed by atoms with Gasteiger partial charge in [-0.15, -0.1) is 0 Å². The van der Waals surface area contributed by atoms with Crippen LogP contribution in [0, 0.1) is 5.82 Å². The third kappa shape index (κ3) is 6.04. The molecule has 1 aromatic heterocycles. The standard InChI is InChI=1S/C28H30F4N6O/c1-18-14-38(23-12-33-17-34-13-23)16-20-9-19(3-4-24(18)20)27(39)35-22-10-21(15-37-7-5-36(2)6-8-37)26(29)25(11-22)28(30,31)32/h3-4,9-13,17-18H,5-8,14-16H2,1-2H3,(H,35,39). The highest BCUT2D eigenvalue weighted by molar-refractivity contribution is 6.04. The van der Waals surface area contributed by atoms with E-state index in [-0.39, 0.29) is 23.7 Å². The summed E-state index contributed by atoms with van der Waals surface area (Å²) in [5.74, 6) is -1.67. The van der Waals surface area contributed by atoms with Crippen LogP contribution in [0.2, 0.25) is 0 Å². The van der Waals surface area contributed by atoms with Crippen molar-refractivity contribution in [2.24, 2.45) is 0 Å². The largest absolute Gasteiger partial charge is 0.419 e. The first-order valence-electron chi connectivity index (χ1n) is 12.8. The summed E-state index contributed by atoms with van der Waals surface area (Å²) < 4.78 is 56.1. The summed E-state index contributed by atoms with van der Waals surface area (Å²) in [5.41, 5.74) is 1.65. The Kier molecular flexibility index (Phi) is 7.55. The van der Waals surface area contributed by atoms with E-state index in [1.807, 2.05) is 18.0 Å². The lowest BCUT2D eigenvalue weighted by molar-refractivity contribution is -0.140. The van der Waals surface area contributed by atoms with E-state index in [0.29, 0.717) is 31.3 Å². The summed E-state index contributed by atoms with van der Waals surface area (Å²) in [6, 6.07) is 7.29. The van der Waals surface area contributed by atoms with Gasteiger partial charge in [0, 0.05) is 62.6 Å². The van der Waals surface area contributed by atoms with Gasteiger partial charge < -0.3 is 15.1 Å². The van der Waals surface area contributed by atoms with Crippen LogP contribution in [-0.4, -0.2) is 65.4 Å². The number of hydrogen-bond donors (Lipinski definition) is 1. The van der Waals surface area contributed by atoms with Gasteiger partial charge in [0.25, 0.3) is 5.91 Å². The zero-order chi connectivity index (χ0) is 27.7. The maximum Gasteiger partial charge on any atom is 0.419 e. The van der Waals surface area contributed by atoms with Crippen LogP contribution in [0.3, 0.4) is 0 Å². The SMILES string of the molecule is CC1CN(c2cncnc2)Cc2cc(C(=O)Nc3cc(CN4CCN(C)CC4)c(F)c(C(F)(F)F)c3)ccc21. The highest BCUT2D eigenvalue weighted by atomic mass is 19.4. The minimum atomic E-state index is -4.89. The van der Waals surface area contributed by atoms with Crippen molar-refractivity contribution in [3.8, 4) is 0 Å². The minimum Gasteiger partial charge on any atom is -0.364 e. The summed E-state index contributed by atoms with van der Waals surface area (Å²) in [7, 11) is 1.96. The number of hydrogen-bond acceptors (Lipinski definition) is 6. The number of alkyl halides is 3. The van der Waals surface area contributed by atoms with Gasteiger partial charge >= 0.3 is 6.18 Å². The second-order valence-electron chi connectivity index (χ2n) is 10.3. The van der Waals surface area contributed by atoms with E-state index in [2.05, 4.69) is 32.0 Å². The average Bonchev–Trinajstić information content (AvgIpc) is 2.91. The number of carbonyl (C=O) groups is 1. The molecule has 0 spiro atoms. The van der Waals surface area contributed by atoms with Crippen LogP contribution in [0.4, 0.5) is 28.9 Å². The summed E-state index contributed by atoms with van der Waals surface area (Å²) in [6.45, 7) is 6.15. The fourth-order valence-electron chi connectivity index (χ4n) is 5.24. The quantitative estimate of drug-likeness (QED) is 0.470. The highest BCUT2D eigenvalue weighted by Crippen LogP contribution is 2.36. The summed E-state index contributed by atoms with van der Waals surface area (Å²) in [4.78, 5) is 27.5. The number of rotatable bonds is 5. The van der Waals surface area contributed by atoms with Crippen LogP contribution in [0.25, 0.3) is 0 Å². The molecule has 1 fully saturated rings. The van der Waals surface area contributed by atoms with Gasteiger partial charge in [-0.25, -0.2) is 14.4 Å². The van der Waals surface area contributed by atoms with Crippen LogP contribution < -0.4 is 10.2 Å². The van der Waals surface area contributed by atoms with Crippen LogP contribution in [0.15, 0.2) is 49.1 Å². The van der Waals surface area contributed by atoms with E-state index < -0.39 is 23.5 Å². The average molecular weight is 543 g/mol. The number of likely N-dealkylation sites (N-methyl/N-ethyl adjacent to an activating group) is 1. The molecule has 39 heavy (non-hydrogen) atoms. The van der Waals surface area contributed by atoms with Gasteiger partial charge in [0.1, 0.15) is 12.1 Å². The molecule has 5 rings (SSSR count). The van der Waals surface area contributed by atoms with E-state index in [4.69, 9.17) is 0 Å². The molecule has 1 unspecified atom stereocenters. The van der Waals surface area contributed by atoms with Crippen molar-refractivity contribution in [2.75, 3.05) is 50.0 Å². The lowest BCUT2D eigenvalue weighted by Crippen LogP contribution is -2.44. The van der Waals surface area contributed by atoms with Crippen LogP contribution in [-0.2, 0) is 19.3 Å². The Balaban J connectivity index is 1.39. The zero-order valence-electron chi connectivity index (χ0n) is 21.8. The molecule has 0 bridgehead atoms. The number of fused-ring (bicyclic) bond motifs is 1. The van der Waals surface area contributed by atoms with Crippen LogP contribution in [0.1, 0.15) is 45.5 Å². The van der Waals surface area contributed by atoms with Gasteiger partial charge in [-0.2, -0.15) is 13.2 Å². The number of aromatic nitrogens is 2. The van der Waals surface area contributed by atoms with E-state index in [0.717, 1.165) is 36.4 Å². The molecule has 0 aliphatic carbocycles. The summed E-state index contributed by atoms with van der Waals surface area (Å²) in [5, 5.41) is 2.58. The monoisotopic (exact) mass is 542 g/mol. The number of nitrogens with one attached hydrogen (secondary N) is 1. The van der Waals surface area contributed by atoms with Crippen molar-refractivity contribution >= 4 is 17.3 Å². The Morgan fingerprint density at radius 3 is 2.49 bits per heavy atom. The van der Waals surface area contributed by atoms with Crippen molar-refractivity contribution in [2.45, 2.75) is 32.1 Å². The van der Waals surface area contributed by atoms with Gasteiger partial charge in [-0.3, -0.25) is 9.69 Å². The molecule has 2 aromatic carbocycles. The Labute approximate surface area is 224 Å². The number of benzene rings is 2. The molecule has 3 heterocycles. The van der Waals surface area contributed by atoms with Gasteiger partial charge in [-0.05, 0) is 48.4 Å². The molecule has 1 N–H and O–H groups in total. The highest BCUT2D eigenvalue weighted by Gasteiger charge is 2.36. The number of carbonyl (C=O) groups excluding carboxylic acids is 1. The number of amides is 1. The maximum atomic E-state index is 15.0. The molecule has 0 saturated carbocycles. The number of piperazine rings is 1.